The van der Waals surface area contributed by atoms with Gasteiger partial charge >= 0.3 is 12.4 Å². The largest absolute Gasteiger partial charge is 0.408 e. The van der Waals surface area contributed by atoms with Crippen molar-refractivity contribution in [3.8, 4) is 11.5 Å². The van der Waals surface area contributed by atoms with Crippen LogP contribution < -0.4 is 10.6 Å². The van der Waals surface area contributed by atoms with Crippen molar-refractivity contribution in [3.63, 3.8) is 0 Å². The molecule has 148 valence electrons. The summed E-state index contributed by atoms with van der Waals surface area (Å²) in [5.74, 6) is -3.21. The molecule has 0 fully saturated rings. The van der Waals surface area contributed by atoms with E-state index in [9.17, 15) is 26.3 Å². The van der Waals surface area contributed by atoms with E-state index in [1.807, 2.05) is 0 Å². The zero-order valence-electron chi connectivity index (χ0n) is 20.0. The molecule has 0 saturated heterocycles. The molecule has 0 amide bonds. The summed E-state index contributed by atoms with van der Waals surface area (Å²) in [4.78, 5) is 13.9. The highest BCUT2D eigenvalue weighted by Gasteiger charge is 2.38. The zero-order chi connectivity index (χ0) is 26.4. The van der Waals surface area contributed by atoms with E-state index in [1.165, 1.54) is 10.6 Å². The van der Waals surface area contributed by atoms with Gasteiger partial charge in [0.2, 0.25) is 11.9 Å². The number of hydrogen-bond acceptors (Lipinski definition) is 6. The van der Waals surface area contributed by atoms with Gasteiger partial charge in [-0.15, -0.1) is 0 Å². The van der Waals surface area contributed by atoms with E-state index in [0.29, 0.717) is 6.92 Å². The summed E-state index contributed by atoms with van der Waals surface area (Å²) < 4.78 is 131. The molecule has 0 aliphatic heterocycles. The van der Waals surface area contributed by atoms with Gasteiger partial charge in [0, 0.05) is 4.11 Å². The molecular formula is C14H13ClF6N6. The van der Waals surface area contributed by atoms with E-state index >= 15 is 0 Å². The smallest absolute Gasteiger partial charge is 0.343 e. The van der Waals surface area contributed by atoms with Crippen LogP contribution in [0.1, 0.15) is 23.4 Å². The van der Waals surface area contributed by atoms with Crippen LogP contribution in [-0.4, -0.2) is 44.3 Å². The van der Waals surface area contributed by atoms with Crippen molar-refractivity contribution >= 4 is 23.5 Å². The first-order valence-electron chi connectivity index (χ1n) is 10.2. The van der Waals surface area contributed by atoms with Crippen LogP contribution >= 0.6 is 11.6 Å². The SMILES string of the molecule is [2H]c1c(Cl)nc(-c2nc(NC(C([2H])([2H])[2H])C(F)(F)F)nc(NC([2H])(C)C(F)(F)F)n2)c([2H])c1[2H]. The van der Waals surface area contributed by atoms with E-state index < -0.39 is 78.0 Å². The minimum absolute atomic E-state index is 0.340. The van der Waals surface area contributed by atoms with Crippen molar-refractivity contribution in [3.05, 3.63) is 23.3 Å². The minimum Gasteiger partial charge on any atom is -0.343 e. The molecule has 13 heteroatoms. The molecule has 0 spiro atoms. The first-order valence-corrected chi connectivity index (χ1v) is 7.11. The lowest BCUT2D eigenvalue weighted by molar-refractivity contribution is -0.139. The number of halogens is 7. The fourth-order valence-corrected chi connectivity index (χ4v) is 1.59. The molecule has 2 N–H and O–H groups in total. The quantitative estimate of drug-likeness (QED) is 0.553. The van der Waals surface area contributed by atoms with Gasteiger partial charge in [-0.3, -0.25) is 0 Å². The third-order valence-corrected chi connectivity index (χ3v) is 2.91. The van der Waals surface area contributed by atoms with Crippen molar-refractivity contribution in [2.75, 3.05) is 10.6 Å². The third-order valence-electron chi connectivity index (χ3n) is 2.73. The van der Waals surface area contributed by atoms with Crippen molar-refractivity contribution in [2.45, 2.75) is 38.2 Å². The van der Waals surface area contributed by atoms with Gasteiger partial charge in [-0.1, -0.05) is 17.6 Å². The topological polar surface area (TPSA) is 75.6 Å². The third kappa shape index (κ3) is 5.81. The molecule has 0 aliphatic carbocycles. The highest BCUT2D eigenvalue weighted by Crippen LogP contribution is 2.26. The predicted molar refractivity (Wildman–Crippen MR) is 86.3 cm³/mol. The molecule has 2 aromatic rings. The maximum absolute atomic E-state index is 13.3. The second-order valence-electron chi connectivity index (χ2n) is 4.80. The van der Waals surface area contributed by atoms with Crippen LogP contribution in [0, 0.1) is 0 Å². The Morgan fingerprint density at radius 2 is 1.67 bits per heavy atom. The summed E-state index contributed by atoms with van der Waals surface area (Å²) in [6.07, 6.45) is -10.6. The van der Waals surface area contributed by atoms with Gasteiger partial charge in [-0.05, 0) is 25.9 Å². The molecule has 0 aliphatic rings. The average molecular weight is 422 g/mol. The van der Waals surface area contributed by atoms with Gasteiger partial charge in [0.1, 0.15) is 22.9 Å². The Morgan fingerprint density at radius 3 is 2.22 bits per heavy atom. The van der Waals surface area contributed by atoms with Crippen LogP contribution in [0.5, 0.6) is 0 Å². The number of alkyl halides is 6. The molecule has 2 aromatic heterocycles. The van der Waals surface area contributed by atoms with Crippen molar-refractivity contribution in [2.24, 2.45) is 0 Å². The lowest BCUT2D eigenvalue weighted by Crippen LogP contribution is -2.35. The standard InChI is InChI=1S/C14H13ClF6N6/c1-6(13(16,17)18)22-11-25-10(8-4-3-5-9(15)24-8)26-12(27-11)23-7(2)14(19,20)21/h3-7H,1-2H3,(H2,22,23,25,26,27)/i1D3,3D,4D,5D,7D. The van der Waals surface area contributed by atoms with Crippen LogP contribution in [-0.2, 0) is 0 Å². The van der Waals surface area contributed by atoms with E-state index in [4.69, 9.17) is 21.2 Å². The van der Waals surface area contributed by atoms with Gasteiger partial charge in [-0.25, -0.2) is 4.98 Å². The molecule has 2 unspecified atom stereocenters. The minimum atomic E-state index is -5.38. The molecule has 2 rings (SSSR count). The molecule has 6 nitrogen and oxygen atoms in total. The molecular weight excluding hydrogens is 402 g/mol. The van der Waals surface area contributed by atoms with Gasteiger partial charge < -0.3 is 10.6 Å². The number of hydrogen-bond donors (Lipinski definition) is 2. The van der Waals surface area contributed by atoms with Crippen LogP contribution in [0.2, 0.25) is 5.15 Å². The Morgan fingerprint density at radius 1 is 1.04 bits per heavy atom. The van der Waals surface area contributed by atoms with E-state index in [2.05, 4.69) is 19.9 Å². The lowest BCUT2D eigenvalue weighted by Gasteiger charge is -2.20. The molecule has 0 radical (unpaired) electrons. The second-order valence-corrected chi connectivity index (χ2v) is 5.16. The van der Waals surface area contributed by atoms with Crippen LogP contribution in [0.3, 0.4) is 0 Å². The summed E-state index contributed by atoms with van der Waals surface area (Å²) in [5.41, 5.74) is -0.726. The van der Waals surface area contributed by atoms with Gasteiger partial charge in [0.05, 0.1) is 5.48 Å². The first kappa shape index (κ1) is 12.9. The fourth-order valence-electron chi connectivity index (χ4n) is 1.45. The lowest BCUT2D eigenvalue weighted by atomic mass is 10.3. The maximum Gasteiger partial charge on any atom is 0.408 e. The summed E-state index contributed by atoms with van der Waals surface area (Å²) in [5, 5.41) is 2.33. The predicted octanol–water partition coefficient (Wildman–Crippen LogP) is 4.31. The number of rotatable bonds is 5. The van der Waals surface area contributed by atoms with E-state index in [0.717, 1.165) is 0 Å². The summed E-state index contributed by atoms with van der Waals surface area (Å²) in [6, 6.07) is -9.09. The first-order chi connectivity index (χ1) is 15.1. The molecule has 0 saturated carbocycles. The van der Waals surface area contributed by atoms with E-state index in [-0.39, 0.29) is 0 Å². The summed E-state index contributed by atoms with van der Waals surface area (Å²) >= 11 is 5.68. The van der Waals surface area contributed by atoms with Crippen molar-refractivity contribution in [1.82, 2.24) is 19.9 Å². The molecule has 0 aromatic carbocycles. The van der Waals surface area contributed by atoms with Crippen LogP contribution in [0.25, 0.3) is 11.5 Å². The molecule has 27 heavy (non-hydrogen) atoms. The fraction of sp³-hybridized carbons (Fsp3) is 0.429. The summed E-state index contributed by atoms with van der Waals surface area (Å²) in [7, 11) is 0. The maximum atomic E-state index is 13.3. The Hall–Kier alpha value is -2.37. The Balaban J connectivity index is 2.73. The molecule has 2 atom stereocenters. The number of nitrogens with one attached hydrogen (secondary N) is 2. The summed E-state index contributed by atoms with van der Waals surface area (Å²) in [6.45, 7) is -3.36. The number of pyridine rings is 1. The number of aromatic nitrogens is 4. The Labute approximate surface area is 164 Å². The number of anilines is 2. The van der Waals surface area contributed by atoms with Crippen LogP contribution in [0.15, 0.2) is 18.1 Å². The van der Waals surface area contributed by atoms with Crippen molar-refractivity contribution in [1.29, 1.82) is 0 Å². The van der Waals surface area contributed by atoms with Crippen molar-refractivity contribution < 1.29 is 35.9 Å². The molecule has 2 heterocycles. The highest BCUT2D eigenvalue weighted by molar-refractivity contribution is 6.29. The normalized spacial score (nSPS) is 19.9. The average Bonchev–Trinajstić information content (AvgIpc) is 2.64. The van der Waals surface area contributed by atoms with Gasteiger partial charge in [-0.2, -0.15) is 41.3 Å². The zero-order valence-corrected chi connectivity index (χ0v) is 13.8. The second kappa shape index (κ2) is 7.71. The Bertz CT molecular complexity index is 1060. The van der Waals surface area contributed by atoms with Crippen LogP contribution in [0.4, 0.5) is 38.2 Å². The van der Waals surface area contributed by atoms with Gasteiger partial charge in [0.15, 0.2) is 5.82 Å². The Kier molecular flexibility index (Phi) is 3.69. The van der Waals surface area contributed by atoms with Gasteiger partial charge in [0.25, 0.3) is 0 Å². The number of nitrogens with zero attached hydrogens (tertiary/aromatic N) is 4. The highest BCUT2D eigenvalue weighted by atomic mass is 35.5. The molecule has 0 bridgehead atoms. The van der Waals surface area contributed by atoms with E-state index in [1.54, 1.807) is 0 Å². The monoisotopic (exact) mass is 421 g/mol.